The van der Waals surface area contributed by atoms with E-state index in [0.717, 1.165) is 24.5 Å². The van der Waals surface area contributed by atoms with Crippen molar-refractivity contribution in [2.45, 2.75) is 59.0 Å². The molecule has 1 aromatic rings. The van der Waals surface area contributed by atoms with Crippen molar-refractivity contribution in [2.24, 2.45) is 0 Å². The van der Waals surface area contributed by atoms with E-state index in [-0.39, 0.29) is 11.5 Å². The first-order chi connectivity index (χ1) is 7.49. The predicted molar refractivity (Wildman–Crippen MR) is 70.1 cm³/mol. The predicted octanol–water partition coefficient (Wildman–Crippen LogP) is 4.32. The quantitative estimate of drug-likeness (QED) is 0.766. The van der Waals surface area contributed by atoms with Gasteiger partial charge < -0.3 is 4.74 Å². The highest BCUT2D eigenvalue weighted by atomic mass is 32.1. The van der Waals surface area contributed by atoms with E-state index in [9.17, 15) is 0 Å². The molecule has 1 rings (SSSR count). The first kappa shape index (κ1) is 13.7. The van der Waals surface area contributed by atoms with Crippen LogP contribution in [0.4, 0.5) is 0 Å². The zero-order valence-corrected chi connectivity index (χ0v) is 11.9. The summed E-state index contributed by atoms with van der Waals surface area (Å²) in [7, 11) is 0. The highest BCUT2D eigenvalue weighted by Gasteiger charge is 2.21. The molecule has 0 aliphatic rings. The van der Waals surface area contributed by atoms with Crippen molar-refractivity contribution < 1.29 is 4.74 Å². The van der Waals surface area contributed by atoms with E-state index in [1.54, 1.807) is 11.3 Å². The molecule has 0 radical (unpaired) electrons. The van der Waals surface area contributed by atoms with Crippen molar-refractivity contribution in [3.63, 3.8) is 0 Å². The summed E-state index contributed by atoms with van der Waals surface area (Å²) in [6.45, 7) is 11.6. The van der Waals surface area contributed by atoms with E-state index in [2.05, 4.69) is 33.1 Å². The van der Waals surface area contributed by atoms with Crippen LogP contribution in [0.3, 0.4) is 0 Å². The van der Waals surface area contributed by atoms with Crippen LogP contribution in [0.5, 0.6) is 0 Å². The van der Waals surface area contributed by atoms with Gasteiger partial charge in [0.1, 0.15) is 11.1 Å². The Bertz CT molecular complexity index is 308. The lowest BCUT2D eigenvalue weighted by molar-refractivity contribution is 0.0553. The summed E-state index contributed by atoms with van der Waals surface area (Å²) < 4.78 is 5.74. The Morgan fingerprint density at radius 2 is 2.06 bits per heavy atom. The van der Waals surface area contributed by atoms with E-state index in [1.807, 2.05) is 6.92 Å². The van der Waals surface area contributed by atoms with E-state index < -0.39 is 0 Å². The molecule has 0 spiro atoms. The Morgan fingerprint density at radius 1 is 1.38 bits per heavy atom. The molecule has 0 amide bonds. The van der Waals surface area contributed by atoms with Gasteiger partial charge >= 0.3 is 0 Å². The molecule has 0 aliphatic carbocycles. The number of hydrogen-bond acceptors (Lipinski definition) is 3. The van der Waals surface area contributed by atoms with Gasteiger partial charge in [0.05, 0.1) is 5.69 Å². The fourth-order valence-electron chi connectivity index (χ4n) is 1.52. The number of nitrogens with zero attached hydrogens (tertiary/aromatic N) is 1. The van der Waals surface area contributed by atoms with Crippen molar-refractivity contribution in [1.29, 1.82) is 0 Å². The summed E-state index contributed by atoms with van der Waals surface area (Å²) in [5.74, 6) is 0. The van der Waals surface area contributed by atoms with Crippen LogP contribution < -0.4 is 0 Å². The molecule has 1 heterocycles. The van der Waals surface area contributed by atoms with E-state index in [0.29, 0.717) is 0 Å². The molecule has 0 aromatic carbocycles. The Morgan fingerprint density at radius 3 is 2.50 bits per heavy atom. The van der Waals surface area contributed by atoms with Crippen LogP contribution in [0, 0.1) is 0 Å². The van der Waals surface area contributed by atoms with Gasteiger partial charge in [0.2, 0.25) is 0 Å². The molecule has 0 bridgehead atoms. The first-order valence-corrected chi connectivity index (χ1v) is 6.94. The van der Waals surface area contributed by atoms with Gasteiger partial charge in [0.15, 0.2) is 0 Å². The number of ether oxygens (including phenoxy) is 1. The highest BCUT2D eigenvalue weighted by molar-refractivity contribution is 7.09. The first-order valence-electron chi connectivity index (χ1n) is 6.06. The standard InChI is InChI=1S/C13H23NOS/c1-6-8-10(15-7-2)12-14-11(9-16-12)13(3,4)5/h9-10H,6-8H2,1-5H3. The third kappa shape index (κ3) is 3.56. The van der Waals surface area contributed by atoms with Gasteiger partial charge in [-0.1, -0.05) is 34.1 Å². The molecular formula is C13H23NOS. The average molecular weight is 241 g/mol. The van der Waals surface area contributed by atoms with Crippen LogP contribution in [0.1, 0.15) is 64.3 Å². The molecule has 0 saturated heterocycles. The zero-order chi connectivity index (χ0) is 12.2. The number of hydrogen-bond donors (Lipinski definition) is 0. The molecule has 0 fully saturated rings. The maximum atomic E-state index is 5.74. The topological polar surface area (TPSA) is 22.1 Å². The van der Waals surface area contributed by atoms with Crippen LogP contribution in [0.15, 0.2) is 5.38 Å². The van der Waals surface area contributed by atoms with Gasteiger partial charge in [-0.15, -0.1) is 11.3 Å². The maximum absolute atomic E-state index is 5.74. The molecule has 0 N–H and O–H groups in total. The zero-order valence-electron chi connectivity index (χ0n) is 11.0. The van der Waals surface area contributed by atoms with Crippen LogP contribution in [-0.2, 0) is 10.2 Å². The van der Waals surface area contributed by atoms with Gasteiger partial charge in [-0.2, -0.15) is 0 Å². The van der Waals surface area contributed by atoms with Crippen LogP contribution in [0.25, 0.3) is 0 Å². The summed E-state index contributed by atoms with van der Waals surface area (Å²) >= 11 is 1.73. The summed E-state index contributed by atoms with van der Waals surface area (Å²) in [6.07, 6.45) is 2.39. The summed E-state index contributed by atoms with van der Waals surface area (Å²) in [5.41, 5.74) is 1.31. The number of aromatic nitrogens is 1. The molecule has 2 nitrogen and oxygen atoms in total. The normalized spacial score (nSPS) is 14.1. The van der Waals surface area contributed by atoms with Gasteiger partial charge in [-0.05, 0) is 13.3 Å². The number of rotatable bonds is 5. The fourth-order valence-corrected chi connectivity index (χ4v) is 2.65. The Balaban J connectivity index is 2.81. The van der Waals surface area contributed by atoms with Crippen LogP contribution in [0.2, 0.25) is 0 Å². The molecule has 92 valence electrons. The van der Waals surface area contributed by atoms with Gasteiger partial charge in [-0.3, -0.25) is 0 Å². The second-order valence-electron chi connectivity index (χ2n) is 5.05. The highest BCUT2D eigenvalue weighted by Crippen LogP contribution is 2.30. The van der Waals surface area contributed by atoms with E-state index in [1.165, 1.54) is 5.69 Å². The minimum atomic E-state index is 0.137. The van der Waals surface area contributed by atoms with Crippen molar-refractivity contribution in [2.75, 3.05) is 6.61 Å². The molecule has 1 unspecified atom stereocenters. The number of thiazole rings is 1. The van der Waals surface area contributed by atoms with E-state index in [4.69, 9.17) is 9.72 Å². The second-order valence-corrected chi connectivity index (χ2v) is 5.94. The Labute approximate surface area is 103 Å². The molecule has 0 saturated carbocycles. The van der Waals surface area contributed by atoms with Crippen molar-refractivity contribution >= 4 is 11.3 Å². The minimum absolute atomic E-state index is 0.137. The summed E-state index contributed by atoms with van der Waals surface area (Å²) in [4.78, 5) is 4.71. The Kier molecular flexibility index (Phi) is 4.93. The van der Waals surface area contributed by atoms with Crippen LogP contribution in [-0.4, -0.2) is 11.6 Å². The smallest absolute Gasteiger partial charge is 0.122 e. The second kappa shape index (κ2) is 5.78. The van der Waals surface area contributed by atoms with Gasteiger partial charge in [0.25, 0.3) is 0 Å². The van der Waals surface area contributed by atoms with Gasteiger partial charge in [0, 0.05) is 17.4 Å². The lowest BCUT2D eigenvalue weighted by atomic mass is 9.93. The lowest BCUT2D eigenvalue weighted by Gasteiger charge is -2.16. The van der Waals surface area contributed by atoms with Crippen molar-refractivity contribution in [3.8, 4) is 0 Å². The maximum Gasteiger partial charge on any atom is 0.122 e. The molecule has 3 heteroatoms. The largest absolute Gasteiger partial charge is 0.371 e. The van der Waals surface area contributed by atoms with Gasteiger partial charge in [-0.25, -0.2) is 4.98 Å². The fraction of sp³-hybridized carbons (Fsp3) is 0.769. The molecule has 1 aromatic heterocycles. The minimum Gasteiger partial charge on any atom is -0.371 e. The van der Waals surface area contributed by atoms with Crippen molar-refractivity contribution in [3.05, 3.63) is 16.1 Å². The monoisotopic (exact) mass is 241 g/mol. The van der Waals surface area contributed by atoms with E-state index >= 15 is 0 Å². The molecular weight excluding hydrogens is 218 g/mol. The average Bonchev–Trinajstić information content (AvgIpc) is 2.65. The molecule has 16 heavy (non-hydrogen) atoms. The summed E-state index contributed by atoms with van der Waals surface area (Å²) in [6, 6.07) is 0. The SMILES string of the molecule is CCCC(OCC)c1nc(C(C)(C)C)cs1. The van der Waals surface area contributed by atoms with Crippen LogP contribution >= 0.6 is 11.3 Å². The molecule has 0 aliphatic heterocycles. The lowest BCUT2D eigenvalue weighted by Crippen LogP contribution is -2.12. The summed E-state index contributed by atoms with van der Waals surface area (Å²) in [5, 5.41) is 3.30. The van der Waals surface area contributed by atoms with Crippen molar-refractivity contribution in [1.82, 2.24) is 4.98 Å². The Hall–Kier alpha value is -0.410. The third-order valence-electron chi connectivity index (χ3n) is 2.48. The third-order valence-corrected chi connectivity index (χ3v) is 3.42. The molecule has 1 atom stereocenters.